The van der Waals surface area contributed by atoms with E-state index in [9.17, 15) is 29.4 Å². The summed E-state index contributed by atoms with van der Waals surface area (Å²) in [7, 11) is 5.43. The fourth-order valence-electron chi connectivity index (χ4n) is 4.56. The van der Waals surface area contributed by atoms with Crippen molar-refractivity contribution in [2.75, 3.05) is 48.1 Å². The normalized spacial score (nSPS) is 13.6. The zero-order valence-electron chi connectivity index (χ0n) is 24.5. The second-order valence-electron chi connectivity index (χ2n) is 9.22. The van der Waals surface area contributed by atoms with E-state index in [1.807, 2.05) is 4.90 Å². The average Bonchev–Trinajstić information content (AvgIpc) is 3.00. The summed E-state index contributed by atoms with van der Waals surface area (Å²) in [6.07, 6.45) is 3.39. The van der Waals surface area contributed by atoms with Crippen LogP contribution in [-0.2, 0) is 9.59 Å². The van der Waals surface area contributed by atoms with Gasteiger partial charge in [0.05, 0.1) is 47.4 Å². The van der Waals surface area contributed by atoms with E-state index < -0.39 is 17.8 Å². The molecule has 1 aliphatic rings. The number of rotatable bonds is 13. The van der Waals surface area contributed by atoms with Gasteiger partial charge in [0.2, 0.25) is 5.91 Å². The minimum absolute atomic E-state index is 0. The molecule has 0 unspecified atom stereocenters. The Kier molecular flexibility index (Phi) is 13.4. The van der Waals surface area contributed by atoms with Crippen molar-refractivity contribution in [1.82, 2.24) is 15.8 Å². The molecule has 16 heteroatoms. The summed E-state index contributed by atoms with van der Waals surface area (Å²) in [6.45, 7) is 0.964. The lowest BCUT2D eigenvalue weighted by Crippen LogP contribution is -2.43. The van der Waals surface area contributed by atoms with Gasteiger partial charge in [-0.05, 0) is 50.2 Å². The van der Waals surface area contributed by atoms with Crippen molar-refractivity contribution >= 4 is 48.6 Å². The molecule has 1 saturated heterocycles. The molecule has 4 N–H and O–H groups in total. The molecule has 0 aromatic heterocycles. The van der Waals surface area contributed by atoms with Gasteiger partial charge in [-0.2, -0.15) is 10.2 Å². The van der Waals surface area contributed by atoms with Crippen LogP contribution in [0.15, 0.2) is 34.5 Å². The third kappa shape index (κ3) is 8.58. The van der Waals surface area contributed by atoms with Gasteiger partial charge in [-0.1, -0.05) is 0 Å². The van der Waals surface area contributed by atoms with Crippen LogP contribution in [0.3, 0.4) is 0 Å². The standard InChI is InChI=1S/C28H33N5O10.ClH/c1-40-19-7-5-17(22(27(36)37)24(19)42-3)13-29-31-21(34)15-33-11-9-16(10-12-33)26(35)32-30-14-18-6-8-20(41-2)25(43-4)23(18)28(38)39;/h5-8,13-14,16H,9-12,15H2,1-4H3,(H,31,34)(H,32,35)(H,36,37)(H,38,39);1H/b29-13+,30-14+;. The first-order chi connectivity index (χ1) is 20.6. The summed E-state index contributed by atoms with van der Waals surface area (Å²) in [5.41, 5.74) is 4.96. The zero-order valence-corrected chi connectivity index (χ0v) is 25.3. The fourth-order valence-corrected chi connectivity index (χ4v) is 4.56. The number of aromatic carboxylic acids is 2. The molecule has 1 aliphatic heterocycles. The number of carbonyl (C=O) groups is 4. The number of methoxy groups -OCH3 is 4. The molecule has 3 rings (SSSR count). The lowest BCUT2D eigenvalue weighted by atomic mass is 9.96. The van der Waals surface area contributed by atoms with Gasteiger partial charge in [0.15, 0.2) is 23.0 Å². The topological polar surface area (TPSA) is 198 Å². The van der Waals surface area contributed by atoms with Gasteiger partial charge in [-0.25, -0.2) is 20.4 Å². The Morgan fingerprint density at radius 2 is 1.25 bits per heavy atom. The highest BCUT2D eigenvalue weighted by molar-refractivity contribution is 6.03. The lowest BCUT2D eigenvalue weighted by molar-refractivity contribution is -0.126. The van der Waals surface area contributed by atoms with Crippen molar-refractivity contribution in [3.63, 3.8) is 0 Å². The van der Waals surface area contributed by atoms with E-state index in [1.165, 1.54) is 65.1 Å². The Bertz CT molecular complexity index is 1420. The zero-order chi connectivity index (χ0) is 31.5. The minimum atomic E-state index is -1.24. The van der Waals surface area contributed by atoms with Gasteiger partial charge >= 0.3 is 11.9 Å². The van der Waals surface area contributed by atoms with Crippen LogP contribution in [0.1, 0.15) is 44.7 Å². The van der Waals surface area contributed by atoms with E-state index in [1.54, 1.807) is 0 Å². The summed E-state index contributed by atoms with van der Waals surface area (Å²) in [5, 5.41) is 27.0. The minimum Gasteiger partial charge on any atom is -0.493 e. The second-order valence-corrected chi connectivity index (χ2v) is 9.22. The molecule has 1 fully saturated rings. The van der Waals surface area contributed by atoms with Crippen LogP contribution in [-0.4, -0.2) is 99.4 Å². The number of hydrogen-bond acceptors (Lipinski definition) is 11. The quantitative estimate of drug-likeness (QED) is 0.185. The summed E-state index contributed by atoms with van der Waals surface area (Å²) in [5.74, 6) is -3.00. The maximum absolute atomic E-state index is 12.6. The van der Waals surface area contributed by atoms with Crippen molar-refractivity contribution in [2.24, 2.45) is 16.1 Å². The number of carboxylic acids is 2. The number of benzene rings is 2. The molecule has 1 heterocycles. The van der Waals surface area contributed by atoms with Crippen LogP contribution < -0.4 is 29.8 Å². The number of likely N-dealkylation sites (tertiary alicyclic amines) is 1. The van der Waals surface area contributed by atoms with Crippen molar-refractivity contribution in [3.8, 4) is 23.0 Å². The Labute approximate surface area is 259 Å². The Hall–Kier alpha value is -4.89. The molecule has 0 spiro atoms. The molecular weight excluding hydrogens is 602 g/mol. The summed E-state index contributed by atoms with van der Waals surface area (Å²) in [6, 6.07) is 6.05. The van der Waals surface area contributed by atoms with Crippen LogP contribution in [0.2, 0.25) is 0 Å². The largest absolute Gasteiger partial charge is 0.493 e. The number of hydrazone groups is 2. The number of nitrogens with zero attached hydrogens (tertiary/aromatic N) is 3. The molecule has 2 aromatic carbocycles. The maximum Gasteiger partial charge on any atom is 0.340 e. The first-order valence-corrected chi connectivity index (χ1v) is 13.0. The van der Waals surface area contributed by atoms with E-state index in [-0.39, 0.29) is 76.0 Å². The fraction of sp³-hybridized carbons (Fsp3) is 0.357. The SMILES string of the molecule is COc1ccc(/C=N/NC(=O)CN2CCC(C(=O)N/N=C/c3ccc(OC)c(OC)c3C(=O)O)CC2)c(C(=O)O)c1OC.Cl. The molecule has 0 bridgehead atoms. The van der Waals surface area contributed by atoms with Gasteiger partial charge in [-0.3, -0.25) is 14.5 Å². The molecule has 2 aromatic rings. The predicted molar refractivity (Wildman–Crippen MR) is 161 cm³/mol. The summed E-state index contributed by atoms with van der Waals surface area (Å²) >= 11 is 0. The molecular formula is C28H34ClN5O10. The first-order valence-electron chi connectivity index (χ1n) is 13.0. The van der Waals surface area contributed by atoms with Crippen molar-refractivity contribution < 1.29 is 48.3 Å². The van der Waals surface area contributed by atoms with E-state index in [2.05, 4.69) is 21.1 Å². The summed E-state index contributed by atoms with van der Waals surface area (Å²) in [4.78, 5) is 50.4. The molecule has 238 valence electrons. The van der Waals surface area contributed by atoms with Gasteiger partial charge in [0.1, 0.15) is 11.1 Å². The van der Waals surface area contributed by atoms with Crippen LogP contribution in [0.5, 0.6) is 23.0 Å². The molecule has 0 radical (unpaired) electrons. The smallest absolute Gasteiger partial charge is 0.340 e. The highest BCUT2D eigenvalue weighted by Gasteiger charge is 2.26. The van der Waals surface area contributed by atoms with Crippen LogP contribution >= 0.6 is 12.4 Å². The highest BCUT2D eigenvalue weighted by atomic mass is 35.5. The molecule has 2 amide bonds. The van der Waals surface area contributed by atoms with Crippen molar-refractivity contribution in [1.29, 1.82) is 0 Å². The van der Waals surface area contributed by atoms with Crippen LogP contribution in [0.4, 0.5) is 0 Å². The molecule has 15 nitrogen and oxygen atoms in total. The lowest BCUT2D eigenvalue weighted by Gasteiger charge is -2.30. The maximum atomic E-state index is 12.6. The number of amides is 2. The molecule has 0 saturated carbocycles. The van der Waals surface area contributed by atoms with Gasteiger partial charge < -0.3 is 29.2 Å². The molecule has 0 atom stereocenters. The van der Waals surface area contributed by atoms with E-state index in [0.29, 0.717) is 25.9 Å². The number of carbonyl (C=O) groups excluding carboxylic acids is 2. The van der Waals surface area contributed by atoms with Gasteiger partial charge in [-0.15, -0.1) is 12.4 Å². The Morgan fingerprint density at radius 1 is 0.795 bits per heavy atom. The number of hydrogen-bond donors (Lipinski definition) is 4. The first kappa shape index (κ1) is 35.3. The van der Waals surface area contributed by atoms with E-state index in [0.717, 1.165) is 0 Å². The van der Waals surface area contributed by atoms with Crippen molar-refractivity contribution in [2.45, 2.75) is 12.8 Å². The molecule has 0 aliphatic carbocycles. The van der Waals surface area contributed by atoms with Gasteiger partial charge in [0, 0.05) is 17.0 Å². The van der Waals surface area contributed by atoms with Crippen LogP contribution in [0.25, 0.3) is 0 Å². The predicted octanol–water partition coefficient (Wildman–Crippen LogP) is 1.85. The van der Waals surface area contributed by atoms with Crippen LogP contribution in [0, 0.1) is 5.92 Å². The number of halogens is 1. The number of carboxylic acid groups (broad SMARTS) is 2. The summed E-state index contributed by atoms with van der Waals surface area (Å²) < 4.78 is 20.6. The Morgan fingerprint density at radius 3 is 1.66 bits per heavy atom. The van der Waals surface area contributed by atoms with Gasteiger partial charge in [0.25, 0.3) is 5.91 Å². The number of ether oxygens (including phenoxy) is 4. The molecule has 44 heavy (non-hydrogen) atoms. The Balaban J connectivity index is 0.00000675. The number of nitrogens with one attached hydrogen (secondary N) is 2. The van der Waals surface area contributed by atoms with Crippen molar-refractivity contribution in [3.05, 3.63) is 46.5 Å². The third-order valence-corrected chi connectivity index (χ3v) is 6.68. The average molecular weight is 636 g/mol. The highest BCUT2D eigenvalue weighted by Crippen LogP contribution is 2.34. The van der Waals surface area contributed by atoms with E-state index in [4.69, 9.17) is 18.9 Å². The third-order valence-electron chi connectivity index (χ3n) is 6.68. The second kappa shape index (κ2) is 16.7. The monoisotopic (exact) mass is 635 g/mol. The van der Waals surface area contributed by atoms with E-state index >= 15 is 0 Å². The number of piperidine rings is 1.